The maximum atomic E-state index is 7.49. The second-order valence-corrected chi connectivity index (χ2v) is 3.92. The summed E-state index contributed by atoms with van der Waals surface area (Å²) in [4.78, 5) is 4.02. The monoisotopic (exact) mass is 241 g/mol. The molecule has 2 rings (SSSR count). The van der Waals surface area contributed by atoms with Crippen molar-refractivity contribution in [2.75, 3.05) is 0 Å². The van der Waals surface area contributed by atoms with E-state index in [9.17, 15) is 0 Å². The standard InChI is InChI=1S/C14H15N3O/c15-14(16)13-6-2-1-5-12(13)10-18-9-11-4-3-7-17-8-11/h1-8H,9-10H2,(H3,15,16). The highest BCUT2D eigenvalue weighted by atomic mass is 16.5. The van der Waals surface area contributed by atoms with Crippen LogP contribution in [0.15, 0.2) is 48.8 Å². The first-order valence-corrected chi connectivity index (χ1v) is 5.66. The summed E-state index contributed by atoms with van der Waals surface area (Å²) >= 11 is 0. The molecule has 0 aliphatic rings. The fourth-order valence-electron chi connectivity index (χ4n) is 1.67. The summed E-state index contributed by atoms with van der Waals surface area (Å²) < 4.78 is 5.60. The lowest BCUT2D eigenvalue weighted by atomic mass is 10.1. The number of aromatic nitrogens is 1. The van der Waals surface area contributed by atoms with Crippen LogP contribution in [0, 0.1) is 5.41 Å². The van der Waals surface area contributed by atoms with Crippen LogP contribution in [0.5, 0.6) is 0 Å². The van der Waals surface area contributed by atoms with Crippen LogP contribution in [0.3, 0.4) is 0 Å². The Hall–Kier alpha value is -2.20. The Morgan fingerprint density at radius 1 is 1.17 bits per heavy atom. The van der Waals surface area contributed by atoms with Gasteiger partial charge in [-0.25, -0.2) is 0 Å². The van der Waals surface area contributed by atoms with Crippen molar-refractivity contribution in [3.8, 4) is 0 Å². The SMILES string of the molecule is N=C(N)c1ccccc1COCc1cccnc1. The van der Waals surface area contributed by atoms with Crippen molar-refractivity contribution in [1.29, 1.82) is 5.41 Å². The molecule has 0 bridgehead atoms. The summed E-state index contributed by atoms with van der Waals surface area (Å²) in [6, 6.07) is 11.4. The number of nitrogens with two attached hydrogens (primary N) is 1. The minimum atomic E-state index is 0.0653. The summed E-state index contributed by atoms with van der Waals surface area (Å²) in [5.74, 6) is 0.0653. The molecule has 1 aromatic heterocycles. The van der Waals surface area contributed by atoms with Crippen LogP contribution in [0.4, 0.5) is 0 Å². The average molecular weight is 241 g/mol. The third-order valence-corrected chi connectivity index (χ3v) is 2.56. The van der Waals surface area contributed by atoms with E-state index < -0.39 is 0 Å². The van der Waals surface area contributed by atoms with Gasteiger partial charge in [0.05, 0.1) is 13.2 Å². The molecule has 0 saturated heterocycles. The van der Waals surface area contributed by atoms with Crippen molar-refractivity contribution in [3.05, 3.63) is 65.5 Å². The van der Waals surface area contributed by atoms with Crippen molar-refractivity contribution in [2.24, 2.45) is 5.73 Å². The average Bonchev–Trinajstić information content (AvgIpc) is 2.40. The Labute approximate surface area is 106 Å². The van der Waals surface area contributed by atoms with Gasteiger partial charge in [0.2, 0.25) is 0 Å². The minimum absolute atomic E-state index is 0.0653. The molecular weight excluding hydrogens is 226 g/mol. The maximum absolute atomic E-state index is 7.49. The van der Waals surface area contributed by atoms with E-state index in [-0.39, 0.29) is 5.84 Å². The molecule has 1 aromatic carbocycles. The predicted octanol–water partition coefficient (Wildman–Crippen LogP) is 2.08. The number of hydrogen-bond acceptors (Lipinski definition) is 3. The molecule has 18 heavy (non-hydrogen) atoms. The molecule has 0 aliphatic carbocycles. The number of benzene rings is 1. The second-order valence-electron chi connectivity index (χ2n) is 3.92. The van der Waals surface area contributed by atoms with Crippen LogP contribution in [0.25, 0.3) is 0 Å². The molecular formula is C14H15N3O. The second kappa shape index (κ2) is 5.93. The highest BCUT2D eigenvalue weighted by Crippen LogP contribution is 2.10. The van der Waals surface area contributed by atoms with Gasteiger partial charge in [0.25, 0.3) is 0 Å². The number of amidine groups is 1. The molecule has 4 nitrogen and oxygen atoms in total. The van der Waals surface area contributed by atoms with Gasteiger partial charge in [0.1, 0.15) is 5.84 Å². The molecule has 4 heteroatoms. The summed E-state index contributed by atoms with van der Waals surface area (Å²) in [6.07, 6.45) is 3.51. The fraction of sp³-hybridized carbons (Fsp3) is 0.143. The molecule has 2 aromatic rings. The summed E-state index contributed by atoms with van der Waals surface area (Å²) in [7, 11) is 0. The van der Waals surface area contributed by atoms with E-state index in [1.165, 1.54) is 0 Å². The molecule has 0 spiro atoms. The van der Waals surface area contributed by atoms with Crippen molar-refractivity contribution >= 4 is 5.84 Å². The van der Waals surface area contributed by atoms with Crippen LogP contribution in [-0.4, -0.2) is 10.8 Å². The van der Waals surface area contributed by atoms with E-state index >= 15 is 0 Å². The number of pyridine rings is 1. The van der Waals surface area contributed by atoms with Gasteiger partial charge in [-0.3, -0.25) is 10.4 Å². The van der Waals surface area contributed by atoms with Crippen LogP contribution >= 0.6 is 0 Å². The quantitative estimate of drug-likeness (QED) is 0.622. The molecule has 1 heterocycles. The first-order chi connectivity index (χ1) is 8.77. The highest BCUT2D eigenvalue weighted by molar-refractivity contribution is 5.96. The normalized spacial score (nSPS) is 10.2. The smallest absolute Gasteiger partial charge is 0.123 e. The van der Waals surface area contributed by atoms with Crippen molar-refractivity contribution in [1.82, 2.24) is 4.98 Å². The van der Waals surface area contributed by atoms with Gasteiger partial charge in [0, 0.05) is 18.0 Å². The zero-order valence-corrected chi connectivity index (χ0v) is 9.97. The Balaban J connectivity index is 1.97. The van der Waals surface area contributed by atoms with Crippen LogP contribution in [0.2, 0.25) is 0 Å². The van der Waals surface area contributed by atoms with Crippen molar-refractivity contribution in [2.45, 2.75) is 13.2 Å². The lowest BCUT2D eigenvalue weighted by Crippen LogP contribution is -2.14. The van der Waals surface area contributed by atoms with Gasteiger partial charge in [0.15, 0.2) is 0 Å². The molecule has 3 N–H and O–H groups in total. The Morgan fingerprint density at radius 3 is 2.72 bits per heavy atom. The van der Waals surface area contributed by atoms with Crippen LogP contribution < -0.4 is 5.73 Å². The predicted molar refractivity (Wildman–Crippen MR) is 70.2 cm³/mol. The molecule has 0 saturated carbocycles. The van der Waals surface area contributed by atoms with E-state index in [1.54, 1.807) is 12.4 Å². The van der Waals surface area contributed by atoms with E-state index in [2.05, 4.69) is 4.98 Å². The molecule has 0 unspecified atom stereocenters. The molecule has 0 fully saturated rings. The van der Waals surface area contributed by atoms with Crippen LogP contribution in [-0.2, 0) is 18.0 Å². The number of nitrogens with zero attached hydrogens (tertiary/aromatic N) is 1. The van der Waals surface area contributed by atoms with Crippen molar-refractivity contribution in [3.63, 3.8) is 0 Å². The lowest BCUT2D eigenvalue weighted by Gasteiger charge is -2.08. The minimum Gasteiger partial charge on any atom is -0.384 e. The highest BCUT2D eigenvalue weighted by Gasteiger charge is 2.04. The van der Waals surface area contributed by atoms with Gasteiger partial charge < -0.3 is 10.5 Å². The molecule has 0 amide bonds. The van der Waals surface area contributed by atoms with E-state index in [1.807, 2.05) is 36.4 Å². The van der Waals surface area contributed by atoms with Gasteiger partial charge in [-0.05, 0) is 17.2 Å². The van der Waals surface area contributed by atoms with Crippen LogP contribution in [0.1, 0.15) is 16.7 Å². The van der Waals surface area contributed by atoms with Gasteiger partial charge in [-0.1, -0.05) is 30.3 Å². The zero-order valence-electron chi connectivity index (χ0n) is 9.97. The maximum Gasteiger partial charge on any atom is 0.123 e. The summed E-state index contributed by atoms with van der Waals surface area (Å²) in [5.41, 5.74) is 8.19. The number of nitrogens with one attached hydrogen (secondary N) is 1. The lowest BCUT2D eigenvalue weighted by molar-refractivity contribution is 0.107. The molecule has 0 atom stereocenters. The largest absolute Gasteiger partial charge is 0.384 e. The van der Waals surface area contributed by atoms with Gasteiger partial charge >= 0.3 is 0 Å². The Kier molecular flexibility index (Phi) is 4.04. The summed E-state index contributed by atoms with van der Waals surface area (Å²) in [6.45, 7) is 0.935. The van der Waals surface area contributed by atoms with Gasteiger partial charge in [-0.2, -0.15) is 0 Å². The van der Waals surface area contributed by atoms with E-state index in [0.717, 1.165) is 16.7 Å². The zero-order chi connectivity index (χ0) is 12.8. The van der Waals surface area contributed by atoms with E-state index in [4.69, 9.17) is 15.9 Å². The third kappa shape index (κ3) is 3.15. The number of rotatable bonds is 5. The van der Waals surface area contributed by atoms with E-state index in [0.29, 0.717) is 13.2 Å². The number of nitrogen functional groups attached to an aromatic ring is 1. The molecule has 92 valence electrons. The Bertz CT molecular complexity index is 526. The Morgan fingerprint density at radius 2 is 2.00 bits per heavy atom. The van der Waals surface area contributed by atoms with Gasteiger partial charge in [-0.15, -0.1) is 0 Å². The number of ether oxygens (including phenoxy) is 1. The third-order valence-electron chi connectivity index (χ3n) is 2.56. The summed E-state index contributed by atoms with van der Waals surface area (Å²) in [5, 5.41) is 7.49. The molecule has 0 aliphatic heterocycles. The van der Waals surface area contributed by atoms with Crippen molar-refractivity contribution < 1.29 is 4.74 Å². The number of hydrogen-bond donors (Lipinski definition) is 2. The topological polar surface area (TPSA) is 72.0 Å². The molecule has 0 radical (unpaired) electrons. The fourth-order valence-corrected chi connectivity index (χ4v) is 1.67. The first kappa shape index (κ1) is 12.3. The first-order valence-electron chi connectivity index (χ1n) is 5.66.